The van der Waals surface area contributed by atoms with Crippen LogP contribution in [0.1, 0.15) is 24.1 Å². The topological polar surface area (TPSA) is 28.2 Å². The molecule has 0 radical (unpaired) electrons. The van der Waals surface area contributed by atoms with Crippen molar-refractivity contribution in [2.24, 2.45) is 0 Å². The molecule has 1 aromatic heterocycles. The maximum atomic E-state index is 12.9. The number of likely N-dealkylation sites (N-methyl/N-ethyl adjacent to an activating group) is 1. The first-order valence-electron chi connectivity index (χ1n) is 6.41. The Morgan fingerprint density at radius 1 is 1.45 bits per heavy atom. The van der Waals surface area contributed by atoms with E-state index in [1.54, 1.807) is 0 Å². The van der Waals surface area contributed by atoms with Crippen LogP contribution in [0.15, 0.2) is 18.3 Å². The normalized spacial score (nSPS) is 20.5. The van der Waals surface area contributed by atoms with Crippen LogP contribution in [-0.2, 0) is 12.7 Å². The van der Waals surface area contributed by atoms with Gasteiger partial charge in [0.25, 0.3) is 0 Å². The Bertz CT molecular complexity index is 426. The molecule has 1 fully saturated rings. The molecule has 0 spiro atoms. The third kappa shape index (κ3) is 4.33. The molecule has 3 nitrogen and oxygen atoms in total. The van der Waals surface area contributed by atoms with E-state index in [1.165, 1.54) is 12.3 Å². The second-order valence-corrected chi connectivity index (χ2v) is 4.86. The predicted molar refractivity (Wildman–Crippen MR) is 73.8 cm³/mol. The fourth-order valence-corrected chi connectivity index (χ4v) is 2.47. The van der Waals surface area contributed by atoms with E-state index in [-0.39, 0.29) is 24.6 Å². The highest BCUT2D eigenvalue weighted by atomic mass is 35.5. The van der Waals surface area contributed by atoms with E-state index >= 15 is 0 Å². The summed E-state index contributed by atoms with van der Waals surface area (Å²) >= 11 is 0. The van der Waals surface area contributed by atoms with Crippen molar-refractivity contribution in [3.63, 3.8) is 0 Å². The first kappa shape index (κ1) is 17.2. The van der Waals surface area contributed by atoms with Gasteiger partial charge in [-0.15, -0.1) is 12.4 Å². The van der Waals surface area contributed by atoms with Crippen LogP contribution in [0.25, 0.3) is 0 Å². The van der Waals surface area contributed by atoms with Crippen molar-refractivity contribution in [2.75, 3.05) is 20.1 Å². The maximum Gasteiger partial charge on any atom is 0.418 e. The minimum Gasteiger partial charge on any atom is -0.316 e. The summed E-state index contributed by atoms with van der Waals surface area (Å²) in [5.74, 6) is 0. The first-order valence-corrected chi connectivity index (χ1v) is 6.41. The number of halogens is 4. The van der Waals surface area contributed by atoms with Gasteiger partial charge in [-0.25, -0.2) is 0 Å². The van der Waals surface area contributed by atoms with Gasteiger partial charge in [0.2, 0.25) is 0 Å². The van der Waals surface area contributed by atoms with Crippen LogP contribution < -0.4 is 5.32 Å². The van der Waals surface area contributed by atoms with Crippen LogP contribution in [0.3, 0.4) is 0 Å². The summed E-state index contributed by atoms with van der Waals surface area (Å²) in [5, 5.41) is 3.18. The number of hydrogen-bond acceptors (Lipinski definition) is 3. The molecule has 2 rings (SSSR count). The fourth-order valence-electron chi connectivity index (χ4n) is 2.47. The van der Waals surface area contributed by atoms with Crippen molar-refractivity contribution in [3.05, 3.63) is 29.6 Å². The van der Waals surface area contributed by atoms with E-state index < -0.39 is 11.7 Å². The van der Waals surface area contributed by atoms with E-state index in [9.17, 15) is 13.2 Å². The summed E-state index contributed by atoms with van der Waals surface area (Å²) in [5.41, 5.74) is -0.506. The van der Waals surface area contributed by atoms with E-state index in [0.717, 1.165) is 32.0 Å². The fraction of sp³-hybridized carbons (Fsp3) is 0.615. The number of pyridine rings is 1. The number of hydrogen-bond donors (Lipinski definition) is 1. The summed E-state index contributed by atoms with van der Waals surface area (Å²) in [6, 6.07) is 2.78. The van der Waals surface area contributed by atoms with Gasteiger partial charge in [0.1, 0.15) is 0 Å². The molecule has 1 aromatic rings. The van der Waals surface area contributed by atoms with Gasteiger partial charge in [0.15, 0.2) is 0 Å². The lowest BCUT2D eigenvalue weighted by Gasteiger charge is -2.32. The molecule has 1 unspecified atom stereocenters. The number of nitrogens with zero attached hydrogens (tertiary/aromatic N) is 2. The molecule has 20 heavy (non-hydrogen) atoms. The molecular formula is C13H19ClF3N3. The average Bonchev–Trinajstić information content (AvgIpc) is 2.38. The van der Waals surface area contributed by atoms with E-state index in [4.69, 9.17) is 0 Å². The Morgan fingerprint density at radius 3 is 2.85 bits per heavy atom. The lowest BCUT2D eigenvalue weighted by molar-refractivity contribution is -0.138. The zero-order chi connectivity index (χ0) is 13.9. The van der Waals surface area contributed by atoms with Gasteiger partial charge in [0, 0.05) is 25.3 Å². The number of rotatable bonds is 3. The van der Waals surface area contributed by atoms with Crippen molar-refractivity contribution in [1.82, 2.24) is 15.2 Å². The largest absolute Gasteiger partial charge is 0.418 e. The summed E-state index contributed by atoms with van der Waals surface area (Å²) in [6.45, 7) is 1.85. The Morgan fingerprint density at radius 2 is 2.20 bits per heavy atom. The Kier molecular flexibility index (Phi) is 6.23. The Hall–Kier alpha value is -0.850. The van der Waals surface area contributed by atoms with Crippen LogP contribution in [0.2, 0.25) is 0 Å². The minimum atomic E-state index is -4.33. The van der Waals surface area contributed by atoms with Crippen molar-refractivity contribution in [1.29, 1.82) is 0 Å². The number of nitrogens with one attached hydrogen (secondary N) is 1. The third-order valence-electron chi connectivity index (χ3n) is 3.48. The van der Waals surface area contributed by atoms with Crippen LogP contribution in [0.5, 0.6) is 0 Å². The predicted octanol–water partition coefficient (Wildman–Crippen LogP) is 2.71. The first-order chi connectivity index (χ1) is 9.00. The molecular weight excluding hydrogens is 291 g/mol. The van der Waals surface area contributed by atoms with Gasteiger partial charge in [-0.05, 0) is 38.6 Å². The maximum absolute atomic E-state index is 12.9. The van der Waals surface area contributed by atoms with Gasteiger partial charge >= 0.3 is 6.18 Å². The van der Waals surface area contributed by atoms with E-state index in [1.807, 2.05) is 11.9 Å². The molecule has 1 atom stereocenters. The summed E-state index contributed by atoms with van der Waals surface area (Å²) in [4.78, 5) is 5.94. The van der Waals surface area contributed by atoms with Gasteiger partial charge in [-0.1, -0.05) is 0 Å². The SMILES string of the molecule is CNC1CCCN(Cc2ncccc2C(F)(F)F)C1.Cl. The third-order valence-corrected chi connectivity index (χ3v) is 3.48. The number of aromatic nitrogens is 1. The van der Waals surface area contributed by atoms with Gasteiger partial charge in [0.05, 0.1) is 11.3 Å². The lowest BCUT2D eigenvalue weighted by atomic mass is 10.0. The van der Waals surface area contributed by atoms with E-state index in [2.05, 4.69) is 10.3 Å². The summed E-state index contributed by atoms with van der Waals surface area (Å²) < 4.78 is 38.6. The van der Waals surface area contributed by atoms with Crippen molar-refractivity contribution >= 4 is 12.4 Å². The van der Waals surface area contributed by atoms with Crippen molar-refractivity contribution in [3.8, 4) is 0 Å². The molecule has 0 bridgehead atoms. The quantitative estimate of drug-likeness (QED) is 0.930. The molecule has 1 aliphatic heterocycles. The van der Waals surface area contributed by atoms with Crippen LogP contribution in [0, 0.1) is 0 Å². The van der Waals surface area contributed by atoms with Gasteiger partial charge < -0.3 is 5.32 Å². The number of piperidine rings is 1. The average molecular weight is 310 g/mol. The second-order valence-electron chi connectivity index (χ2n) is 4.86. The van der Waals surface area contributed by atoms with E-state index in [0.29, 0.717) is 6.04 Å². The smallest absolute Gasteiger partial charge is 0.316 e. The molecule has 7 heteroatoms. The Balaban J connectivity index is 0.00000200. The van der Waals surface area contributed by atoms with Crippen molar-refractivity contribution < 1.29 is 13.2 Å². The standard InChI is InChI=1S/C13H18F3N3.ClH/c1-17-10-4-3-7-19(8-10)9-12-11(13(14,15)16)5-2-6-18-12;/h2,5-6,10,17H,3-4,7-9H2,1H3;1H. The highest BCUT2D eigenvalue weighted by Gasteiger charge is 2.34. The summed E-state index contributed by atoms with van der Waals surface area (Å²) in [7, 11) is 1.88. The van der Waals surface area contributed by atoms with Crippen LogP contribution in [0.4, 0.5) is 13.2 Å². The second kappa shape index (κ2) is 7.24. The van der Waals surface area contributed by atoms with Crippen LogP contribution in [-0.4, -0.2) is 36.1 Å². The molecule has 2 heterocycles. The highest BCUT2D eigenvalue weighted by molar-refractivity contribution is 5.85. The van der Waals surface area contributed by atoms with Gasteiger partial charge in [-0.2, -0.15) is 13.2 Å². The molecule has 1 N–H and O–H groups in total. The summed E-state index contributed by atoms with van der Waals surface area (Å²) in [6.07, 6.45) is -0.840. The number of alkyl halides is 3. The molecule has 1 aliphatic rings. The molecule has 1 saturated heterocycles. The van der Waals surface area contributed by atoms with Crippen LogP contribution >= 0.6 is 12.4 Å². The lowest BCUT2D eigenvalue weighted by Crippen LogP contribution is -2.44. The highest BCUT2D eigenvalue weighted by Crippen LogP contribution is 2.31. The minimum absolute atomic E-state index is 0. The number of likely N-dealkylation sites (tertiary alicyclic amines) is 1. The monoisotopic (exact) mass is 309 g/mol. The van der Waals surface area contributed by atoms with Gasteiger partial charge in [-0.3, -0.25) is 9.88 Å². The zero-order valence-corrected chi connectivity index (χ0v) is 12.1. The molecule has 0 amide bonds. The molecule has 0 aliphatic carbocycles. The molecule has 0 saturated carbocycles. The molecule has 0 aromatic carbocycles. The Labute approximate surface area is 123 Å². The van der Waals surface area contributed by atoms with Crippen molar-refractivity contribution in [2.45, 2.75) is 31.6 Å². The molecule has 114 valence electrons. The zero-order valence-electron chi connectivity index (χ0n) is 11.3.